The smallest absolute Gasteiger partial charge is 0.366 e. The Kier molecular flexibility index (Phi) is 7.90. The first-order valence-corrected chi connectivity index (χ1v) is 9.23. The van der Waals surface area contributed by atoms with Crippen molar-refractivity contribution in [2.75, 3.05) is 20.3 Å². The van der Waals surface area contributed by atoms with Gasteiger partial charge in [-0.05, 0) is 31.9 Å². The lowest BCUT2D eigenvalue weighted by Gasteiger charge is -2.34. The highest BCUT2D eigenvalue weighted by molar-refractivity contribution is 5.97. The third kappa shape index (κ3) is 6.00. The van der Waals surface area contributed by atoms with Gasteiger partial charge in [0.25, 0.3) is 11.7 Å². The SMILES string of the molecule is COC(=O)[C@]1(C)OC[C@H](C/C=C/CC(NC(=O)c2ccccc2)C(C)=O)CO1. The minimum atomic E-state index is -1.35. The number of ether oxygens (including phenoxy) is 3. The van der Waals surface area contributed by atoms with E-state index in [0.717, 1.165) is 0 Å². The number of Topliss-reactive ketones (excluding diaryl/α,β-unsaturated/α-hetero) is 1. The number of benzene rings is 1. The number of rotatable bonds is 8. The number of hydrogen-bond acceptors (Lipinski definition) is 6. The van der Waals surface area contributed by atoms with Crippen molar-refractivity contribution < 1.29 is 28.6 Å². The molecule has 1 fully saturated rings. The van der Waals surface area contributed by atoms with Gasteiger partial charge in [0.1, 0.15) is 0 Å². The number of nitrogens with one attached hydrogen (secondary N) is 1. The highest BCUT2D eigenvalue weighted by Gasteiger charge is 2.41. The molecule has 0 radical (unpaired) electrons. The summed E-state index contributed by atoms with van der Waals surface area (Å²) in [6, 6.07) is 8.20. The van der Waals surface area contributed by atoms with Gasteiger partial charge in [-0.3, -0.25) is 9.59 Å². The highest BCUT2D eigenvalue weighted by atomic mass is 16.7. The quantitative estimate of drug-likeness (QED) is 0.542. The van der Waals surface area contributed by atoms with E-state index in [1.165, 1.54) is 21.0 Å². The van der Waals surface area contributed by atoms with Crippen LogP contribution in [-0.4, -0.2) is 49.8 Å². The first-order chi connectivity index (χ1) is 13.4. The Hall–Kier alpha value is -2.51. The average Bonchev–Trinajstić information content (AvgIpc) is 2.71. The fourth-order valence-electron chi connectivity index (χ4n) is 2.76. The summed E-state index contributed by atoms with van der Waals surface area (Å²) in [7, 11) is 1.29. The highest BCUT2D eigenvalue weighted by Crippen LogP contribution is 2.24. The van der Waals surface area contributed by atoms with E-state index in [9.17, 15) is 14.4 Å². The molecule has 0 spiro atoms. The molecular formula is C21H27NO6. The predicted molar refractivity (Wildman–Crippen MR) is 103 cm³/mol. The predicted octanol–water partition coefficient (Wildman–Crippen LogP) is 2.26. The van der Waals surface area contributed by atoms with Gasteiger partial charge in [0, 0.05) is 18.4 Å². The maximum atomic E-state index is 12.2. The van der Waals surface area contributed by atoms with Gasteiger partial charge in [-0.1, -0.05) is 30.4 Å². The van der Waals surface area contributed by atoms with Gasteiger partial charge in [0.2, 0.25) is 0 Å². The molecule has 1 aromatic carbocycles. The Morgan fingerprint density at radius 1 is 1.21 bits per heavy atom. The fraction of sp³-hybridized carbons (Fsp3) is 0.476. The molecule has 0 aromatic heterocycles. The number of ketones is 1. The minimum Gasteiger partial charge on any atom is -0.465 e. The van der Waals surface area contributed by atoms with E-state index < -0.39 is 17.8 Å². The van der Waals surface area contributed by atoms with Gasteiger partial charge in [0.05, 0.1) is 26.4 Å². The molecule has 1 N–H and O–H groups in total. The molecular weight excluding hydrogens is 362 g/mol. The molecule has 1 aromatic rings. The topological polar surface area (TPSA) is 90.9 Å². The minimum absolute atomic E-state index is 0.101. The van der Waals surface area contributed by atoms with E-state index in [-0.39, 0.29) is 17.6 Å². The number of amides is 1. The van der Waals surface area contributed by atoms with Gasteiger partial charge >= 0.3 is 5.97 Å². The van der Waals surface area contributed by atoms with Crippen LogP contribution in [0.2, 0.25) is 0 Å². The zero-order valence-electron chi connectivity index (χ0n) is 16.5. The maximum Gasteiger partial charge on any atom is 0.366 e. The summed E-state index contributed by atoms with van der Waals surface area (Å²) in [6.07, 6.45) is 4.88. The summed E-state index contributed by atoms with van der Waals surface area (Å²) < 4.78 is 15.7. The van der Waals surface area contributed by atoms with Crippen LogP contribution in [0.25, 0.3) is 0 Å². The van der Waals surface area contributed by atoms with Crippen LogP contribution in [-0.2, 0) is 23.8 Å². The Balaban J connectivity index is 1.79. The number of allylic oxidation sites excluding steroid dienone is 1. The largest absolute Gasteiger partial charge is 0.465 e. The van der Waals surface area contributed by atoms with E-state index >= 15 is 0 Å². The summed E-state index contributed by atoms with van der Waals surface area (Å²) in [5, 5.41) is 2.76. The number of carbonyl (C=O) groups excluding carboxylic acids is 3. The van der Waals surface area contributed by atoms with Crippen molar-refractivity contribution in [3.05, 3.63) is 48.0 Å². The second-order valence-electron chi connectivity index (χ2n) is 6.87. The van der Waals surface area contributed by atoms with Crippen LogP contribution < -0.4 is 5.32 Å². The maximum absolute atomic E-state index is 12.2. The van der Waals surface area contributed by atoms with Gasteiger partial charge < -0.3 is 19.5 Å². The number of hydrogen-bond donors (Lipinski definition) is 1. The van der Waals surface area contributed by atoms with Crippen LogP contribution in [0.5, 0.6) is 0 Å². The van der Waals surface area contributed by atoms with Gasteiger partial charge in [-0.15, -0.1) is 0 Å². The fourth-order valence-corrected chi connectivity index (χ4v) is 2.76. The molecule has 1 heterocycles. The molecule has 1 aliphatic heterocycles. The first kappa shape index (κ1) is 21.8. The molecule has 7 nitrogen and oxygen atoms in total. The molecule has 0 aliphatic carbocycles. The summed E-state index contributed by atoms with van der Waals surface area (Å²) in [5.41, 5.74) is 0.517. The Morgan fingerprint density at radius 2 is 1.86 bits per heavy atom. The first-order valence-electron chi connectivity index (χ1n) is 9.23. The van der Waals surface area contributed by atoms with Gasteiger partial charge in [-0.25, -0.2) is 4.79 Å². The Bertz CT molecular complexity index is 707. The van der Waals surface area contributed by atoms with E-state index in [2.05, 4.69) is 10.1 Å². The monoisotopic (exact) mass is 389 g/mol. The Labute approximate surface area is 165 Å². The van der Waals surface area contributed by atoms with Crippen molar-refractivity contribution in [1.29, 1.82) is 0 Å². The van der Waals surface area contributed by atoms with Gasteiger partial charge in [0.15, 0.2) is 5.78 Å². The number of carbonyl (C=O) groups is 3. The average molecular weight is 389 g/mol. The van der Waals surface area contributed by atoms with Crippen LogP contribution in [0.4, 0.5) is 0 Å². The molecule has 1 aliphatic rings. The van der Waals surface area contributed by atoms with Crippen molar-refractivity contribution in [3.63, 3.8) is 0 Å². The van der Waals surface area contributed by atoms with Crippen molar-refractivity contribution in [1.82, 2.24) is 5.32 Å². The molecule has 1 amide bonds. The third-order valence-electron chi connectivity index (χ3n) is 4.59. The lowest BCUT2D eigenvalue weighted by molar-refractivity contribution is -0.271. The molecule has 152 valence electrons. The van der Waals surface area contributed by atoms with Crippen LogP contribution in [0.1, 0.15) is 37.0 Å². The summed E-state index contributed by atoms with van der Waals surface area (Å²) in [4.78, 5) is 35.7. The molecule has 1 saturated heterocycles. The van der Waals surface area contributed by atoms with Crippen molar-refractivity contribution in [2.24, 2.45) is 5.92 Å². The van der Waals surface area contributed by atoms with Crippen LogP contribution in [0.15, 0.2) is 42.5 Å². The second kappa shape index (κ2) is 10.1. The summed E-state index contributed by atoms with van der Waals surface area (Å²) in [6.45, 7) is 3.74. The van der Waals surface area contributed by atoms with E-state index in [4.69, 9.17) is 9.47 Å². The molecule has 1 atom stereocenters. The summed E-state index contributed by atoms with van der Waals surface area (Å²) in [5.74, 6) is -2.18. The van der Waals surface area contributed by atoms with Crippen LogP contribution in [0.3, 0.4) is 0 Å². The molecule has 2 rings (SSSR count). The third-order valence-corrected chi connectivity index (χ3v) is 4.59. The molecule has 0 saturated carbocycles. The standard InChI is InChI=1S/C21H27NO6/c1-15(23)18(22-19(24)17-10-5-4-6-11-17)12-8-7-9-16-13-27-21(2,28-14-16)20(25)26-3/h4-8,10-11,16,18H,9,12-14H2,1-3H3,(H,22,24)/b8-7+/t16-,18?,21+. The number of esters is 1. The Morgan fingerprint density at radius 3 is 2.43 bits per heavy atom. The van der Waals surface area contributed by atoms with E-state index in [1.54, 1.807) is 24.3 Å². The molecule has 0 bridgehead atoms. The molecule has 7 heteroatoms. The lowest BCUT2D eigenvalue weighted by atomic mass is 10.0. The zero-order valence-corrected chi connectivity index (χ0v) is 16.5. The van der Waals surface area contributed by atoms with Crippen molar-refractivity contribution >= 4 is 17.7 Å². The van der Waals surface area contributed by atoms with Crippen molar-refractivity contribution in [2.45, 2.75) is 38.5 Å². The molecule has 28 heavy (non-hydrogen) atoms. The normalized spacial score (nSPS) is 23.2. The summed E-state index contributed by atoms with van der Waals surface area (Å²) >= 11 is 0. The number of methoxy groups -OCH3 is 1. The van der Waals surface area contributed by atoms with Gasteiger partial charge in [-0.2, -0.15) is 0 Å². The lowest BCUT2D eigenvalue weighted by Crippen LogP contribution is -2.48. The molecule has 1 unspecified atom stereocenters. The zero-order chi connectivity index (χ0) is 20.6. The second-order valence-corrected chi connectivity index (χ2v) is 6.87. The van der Waals surface area contributed by atoms with Crippen LogP contribution in [0, 0.1) is 5.92 Å². The van der Waals surface area contributed by atoms with Crippen LogP contribution >= 0.6 is 0 Å². The van der Waals surface area contributed by atoms with Crippen molar-refractivity contribution in [3.8, 4) is 0 Å². The van der Waals surface area contributed by atoms with E-state index in [1.807, 2.05) is 18.2 Å². The van der Waals surface area contributed by atoms with E-state index in [0.29, 0.717) is 31.6 Å².